The molecule has 1 saturated heterocycles. The highest BCUT2D eigenvalue weighted by Gasteiger charge is 2.23. The summed E-state index contributed by atoms with van der Waals surface area (Å²) >= 11 is 0. The van der Waals surface area contributed by atoms with Crippen molar-refractivity contribution in [2.45, 2.75) is 18.6 Å². The minimum atomic E-state index is -0.247. The van der Waals surface area contributed by atoms with Crippen molar-refractivity contribution in [3.8, 4) is 5.75 Å². The summed E-state index contributed by atoms with van der Waals surface area (Å²) in [5.41, 5.74) is 6.73. The molecule has 0 bridgehead atoms. The fraction of sp³-hybridized carbons (Fsp3) is 0.611. The minimum Gasteiger partial charge on any atom is -0.497 e. The van der Waals surface area contributed by atoms with E-state index < -0.39 is 0 Å². The van der Waals surface area contributed by atoms with Crippen LogP contribution in [-0.2, 0) is 14.3 Å². The number of carbonyl (C=O) groups is 1. The number of ether oxygens (including phenoxy) is 3. The monoisotopic (exact) mass is 423 g/mol. The molecule has 27 heavy (non-hydrogen) atoms. The lowest BCUT2D eigenvalue weighted by atomic mass is 10.0. The largest absolute Gasteiger partial charge is 0.497 e. The first-order valence-electron chi connectivity index (χ1n) is 8.63. The normalized spacial score (nSPS) is 16.4. The molecule has 0 spiro atoms. The Morgan fingerprint density at radius 3 is 2.37 bits per heavy atom. The van der Waals surface area contributed by atoms with E-state index in [0.29, 0.717) is 26.3 Å². The van der Waals surface area contributed by atoms with E-state index in [0.717, 1.165) is 24.4 Å². The number of rotatable bonds is 9. The molecule has 2 atom stereocenters. The number of nitrogens with zero attached hydrogens (tertiary/aromatic N) is 1. The number of hydrogen-bond donors (Lipinski definition) is 2. The van der Waals surface area contributed by atoms with Crippen LogP contribution in [0.1, 0.15) is 18.0 Å². The third-order valence-corrected chi connectivity index (χ3v) is 4.49. The van der Waals surface area contributed by atoms with Crippen LogP contribution in [0.3, 0.4) is 0 Å². The SMILES string of the molecule is COc1ccc(C(CNC(=O)CC(CN)OC)N2CCOCC2)cc1.Cl.Cl. The molecule has 1 aromatic carbocycles. The zero-order valence-corrected chi connectivity index (χ0v) is 17.5. The molecule has 3 N–H and O–H groups in total. The van der Waals surface area contributed by atoms with Gasteiger partial charge in [-0.05, 0) is 17.7 Å². The molecule has 156 valence electrons. The van der Waals surface area contributed by atoms with Crippen LogP contribution >= 0.6 is 24.8 Å². The number of hydrogen-bond acceptors (Lipinski definition) is 6. The third kappa shape index (κ3) is 8.21. The van der Waals surface area contributed by atoms with Gasteiger partial charge in [0.05, 0.1) is 38.9 Å². The Labute approximate surface area is 173 Å². The molecule has 0 aromatic heterocycles. The van der Waals surface area contributed by atoms with Crippen LogP contribution in [0.15, 0.2) is 24.3 Å². The van der Waals surface area contributed by atoms with Gasteiger partial charge in [0, 0.05) is 33.3 Å². The van der Waals surface area contributed by atoms with Gasteiger partial charge in [0.2, 0.25) is 5.91 Å². The van der Waals surface area contributed by atoms with Crippen molar-refractivity contribution in [1.82, 2.24) is 10.2 Å². The molecule has 1 aromatic rings. The number of halogens is 2. The van der Waals surface area contributed by atoms with E-state index in [4.69, 9.17) is 19.9 Å². The van der Waals surface area contributed by atoms with Crippen molar-refractivity contribution in [2.24, 2.45) is 5.73 Å². The maximum atomic E-state index is 12.2. The Bertz CT molecular complexity index is 524. The summed E-state index contributed by atoms with van der Waals surface area (Å²) < 4.78 is 15.9. The molecule has 1 fully saturated rings. The van der Waals surface area contributed by atoms with Gasteiger partial charge in [-0.15, -0.1) is 24.8 Å². The summed E-state index contributed by atoms with van der Waals surface area (Å²) in [6.07, 6.45) is 0.0219. The summed E-state index contributed by atoms with van der Waals surface area (Å²) in [5.74, 6) is 0.767. The molecule has 2 unspecified atom stereocenters. The van der Waals surface area contributed by atoms with Gasteiger partial charge >= 0.3 is 0 Å². The average Bonchev–Trinajstić information content (AvgIpc) is 2.67. The van der Waals surface area contributed by atoms with E-state index in [1.54, 1.807) is 14.2 Å². The van der Waals surface area contributed by atoms with Gasteiger partial charge in [0.25, 0.3) is 0 Å². The smallest absolute Gasteiger partial charge is 0.222 e. The number of methoxy groups -OCH3 is 2. The first-order chi connectivity index (χ1) is 12.2. The van der Waals surface area contributed by atoms with Crippen molar-refractivity contribution in [1.29, 1.82) is 0 Å². The number of nitrogens with two attached hydrogens (primary N) is 1. The Kier molecular flexibility index (Phi) is 13.4. The molecular weight excluding hydrogens is 393 g/mol. The predicted molar refractivity (Wildman–Crippen MR) is 110 cm³/mol. The number of benzene rings is 1. The van der Waals surface area contributed by atoms with Crippen molar-refractivity contribution >= 4 is 30.7 Å². The van der Waals surface area contributed by atoms with E-state index in [9.17, 15) is 4.79 Å². The van der Waals surface area contributed by atoms with Crippen LogP contribution in [-0.4, -0.2) is 70.5 Å². The lowest BCUT2D eigenvalue weighted by Crippen LogP contribution is -2.44. The second-order valence-corrected chi connectivity index (χ2v) is 6.04. The van der Waals surface area contributed by atoms with Crippen LogP contribution in [0.5, 0.6) is 5.75 Å². The van der Waals surface area contributed by atoms with Crippen LogP contribution in [0.4, 0.5) is 0 Å². The number of morpholine rings is 1. The van der Waals surface area contributed by atoms with Crippen LogP contribution in [0.25, 0.3) is 0 Å². The zero-order valence-electron chi connectivity index (χ0n) is 15.9. The quantitative estimate of drug-likeness (QED) is 0.623. The van der Waals surface area contributed by atoms with E-state index in [2.05, 4.69) is 10.2 Å². The predicted octanol–water partition coefficient (Wildman–Crippen LogP) is 1.39. The highest BCUT2D eigenvalue weighted by Crippen LogP contribution is 2.23. The zero-order chi connectivity index (χ0) is 18.1. The van der Waals surface area contributed by atoms with Gasteiger partial charge in [0.15, 0.2) is 0 Å². The molecule has 7 nitrogen and oxygen atoms in total. The van der Waals surface area contributed by atoms with Crippen LogP contribution in [0.2, 0.25) is 0 Å². The average molecular weight is 424 g/mol. The highest BCUT2D eigenvalue weighted by atomic mass is 35.5. The van der Waals surface area contributed by atoms with E-state index in [1.807, 2.05) is 24.3 Å². The molecule has 1 aliphatic rings. The van der Waals surface area contributed by atoms with Gasteiger partial charge in [-0.1, -0.05) is 12.1 Å². The Hall–Kier alpha value is -1.09. The Balaban J connectivity index is 0.00000338. The second-order valence-electron chi connectivity index (χ2n) is 6.04. The topological polar surface area (TPSA) is 86.0 Å². The van der Waals surface area contributed by atoms with Crippen molar-refractivity contribution in [2.75, 3.05) is 53.6 Å². The summed E-state index contributed by atoms with van der Waals surface area (Å²) in [6.45, 7) is 3.96. The maximum absolute atomic E-state index is 12.2. The fourth-order valence-electron chi connectivity index (χ4n) is 2.93. The summed E-state index contributed by atoms with van der Waals surface area (Å²) in [7, 11) is 3.22. The van der Waals surface area contributed by atoms with Gasteiger partial charge in [-0.25, -0.2) is 0 Å². The summed E-state index contributed by atoms with van der Waals surface area (Å²) in [4.78, 5) is 14.5. The fourth-order valence-corrected chi connectivity index (χ4v) is 2.93. The molecule has 0 saturated carbocycles. The van der Waals surface area contributed by atoms with Crippen LogP contribution in [0, 0.1) is 0 Å². The van der Waals surface area contributed by atoms with E-state index in [1.165, 1.54) is 0 Å². The molecule has 1 aliphatic heterocycles. The lowest BCUT2D eigenvalue weighted by molar-refractivity contribution is -0.123. The van der Waals surface area contributed by atoms with E-state index >= 15 is 0 Å². The van der Waals surface area contributed by atoms with Crippen molar-refractivity contribution in [3.05, 3.63) is 29.8 Å². The molecule has 1 amide bonds. The van der Waals surface area contributed by atoms with Crippen LogP contribution < -0.4 is 15.8 Å². The number of amides is 1. The minimum absolute atomic E-state index is 0. The Morgan fingerprint density at radius 1 is 1.22 bits per heavy atom. The van der Waals surface area contributed by atoms with Gasteiger partial charge < -0.3 is 25.3 Å². The summed E-state index contributed by atoms with van der Waals surface area (Å²) in [6, 6.07) is 8.07. The standard InChI is InChI=1S/C18H29N3O4.2ClH/c1-23-15-5-3-14(4-6-15)17(21-7-9-25-10-8-21)13-20-18(22)11-16(12-19)24-2;;/h3-6,16-17H,7-13,19H2,1-2H3,(H,20,22);2*1H. The third-order valence-electron chi connectivity index (χ3n) is 4.49. The first-order valence-corrected chi connectivity index (χ1v) is 8.63. The number of nitrogens with one attached hydrogen (secondary N) is 1. The molecule has 2 rings (SSSR count). The Morgan fingerprint density at radius 2 is 1.85 bits per heavy atom. The first kappa shape index (κ1) is 25.9. The summed E-state index contributed by atoms with van der Waals surface area (Å²) in [5, 5.41) is 3.02. The molecule has 0 radical (unpaired) electrons. The highest BCUT2D eigenvalue weighted by molar-refractivity contribution is 5.85. The molecule has 9 heteroatoms. The van der Waals surface area contributed by atoms with Gasteiger partial charge in [0.1, 0.15) is 5.75 Å². The number of carbonyl (C=O) groups excluding carboxylic acids is 1. The maximum Gasteiger partial charge on any atom is 0.222 e. The van der Waals surface area contributed by atoms with Crippen molar-refractivity contribution < 1.29 is 19.0 Å². The molecule has 1 heterocycles. The second kappa shape index (κ2) is 14.0. The van der Waals surface area contributed by atoms with Gasteiger partial charge in [-0.2, -0.15) is 0 Å². The van der Waals surface area contributed by atoms with E-state index in [-0.39, 0.29) is 49.3 Å². The lowest BCUT2D eigenvalue weighted by Gasteiger charge is -2.35. The molecular formula is C18H31Cl2N3O4. The van der Waals surface area contributed by atoms with Crippen molar-refractivity contribution in [3.63, 3.8) is 0 Å². The molecule has 0 aliphatic carbocycles. The van der Waals surface area contributed by atoms with Gasteiger partial charge in [-0.3, -0.25) is 9.69 Å².